The quantitative estimate of drug-likeness (QED) is 0.409. The van der Waals surface area contributed by atoms with E-state index in [-0.39, 0.29) is 44.7 Å². The van der Waals surface area contributed by atoms with Gasteiger partial charge < -0.3 is 24.4 Å². The molecule has 0 spiro atoms. The summed E-state index contributed by atoms with van der Waals surface area (Å²) < 4.78 is 42.3. The van der Waals surface area contributed by atoms with E-state index in [2.05, 4.69) is 4.90 Å². The molecule has 0 aliphatic carbocycles. The molecule has 1 aliphatic rings. The van der Waals surface area contributed by atoms with Gasteiger partial charge in [-0.25, -0.2) is 8.42 Å². The van der Waals surface area contributed by atoms with Crippen LogP contribution in [0.15, 0.2) is 46.2 Å². The highest BCUT2D eigenvalue weighted by Gasteiger charge is 2.22. The predicted octanol–water partition coefficient (Wildman–Crippen LogP) is 2.88. The van der Waals surface area contributed by atoms with Gasteiger partial charge >= 0.3 is 0 Å². The maximum atomic E-state index is 13.0. The van der Waals surface area contributed by atoms with Gasteiger partial charge in [-0.1, -0.05) is 23.2 Å². The summed E-state index contributed by atoms with van der Waals surface area (Å²) >= 11 is 17.9. The molecule has 1 heterocycles. The number of sulfone groups is 1. The minimum atomic E-state index is -3.92. The molecule has 188 valence electrons. The number of ether oxygens (including phenoxy) is 3. The maximum absolute atomic E-state index is 13.0. The first-order valence-corrected chi connectivity index (χ1v) is 13.3. The third kappa shape index (κ3) is 7.35. The van der Waals surface area contributed by atoms with Crippen LogP contribution in [-0.2, 0) is 14.6 Å². The zero-order chi connectivity index (χ0) is 24.7. The number of rotatable bonds is 11. The number of aliphatic hydroxyl groups excluding tert-OH is 2. The van der Waals surface area contributed by atoms with Crippen molar-refractivity contribution in [3.8, 4) is 11.5 Å². The minimum Gasteiger partial charge on any atom is -0.491 e. The second-order valence-electron chi connectivity index (χ2n) is 7.69. The summed E-state index contributed by atoms with van der Waals surface area (Å²) in [6.07, 6.45) is -1.60. The van der Waals surface area contributed by atoms with Crippen molar-refractivity contribution in [2.45, 2.75) is 22.0 Å². The lowest BCUT2D eigenvalue weighted by Gasteiger charge is -2.28. The molecule has 0 aromatic heterocycles. The van der Waals surface area contributed by atoms with Crippen molar-refractivity contribution in [3.63, 3.8) is 0 Å². The minimum absolute atomic E-state index is 0.0120. The summed E-state index contributed by atoms with van der Waals surface area (Å²) in [6.45, 7) is 3.23. The summed E-state index contributed by atoms with van der Waals surface area (Å²) in [4.78, 5) is 2.01. The second-order valence-corrected chi connectivity index (χ2v) is 10.8. The summed E-state index contributed by atoms with van der Waals surface area (Å²) in [7, 11) is -3.92. The summed E-state index contributed by atoms with van der Waals surface area (Å²) in [5.41, 5.74) is 0. The molecule has 0 amide bonds. The van der Waals surface area contributed by atoms with E-state index in [9.17, 15) is 18.6 Å². The maximum Gasteiger partial charge on any atom is 0.206 e. The fraction of sp³-hybridized carbons (Fsp3) is 0.455. The average molecular weight is 555 g/mol. The molecule has 34 heavy (non-hydrogen) atoms. The standard InChI is InChI=1S/C22H26Cl3NO7S/c23-11-15(27)13-33-22-20(24)9-19(10-21(22)25)34(29,30)18-3-1-17(2-4-18)32-14-16(28)12-26-5-7-31-8-6-26/h1-4,9-10,15-16,27-28H,5-8,11-14H2/t15-,16-/m1/s1. The van der Waals surface area contributed by atoms with Gasteiger partial charge in [0, 0.05) is 19.6 Å². The fourth-order valence-electron chi connectivity index (χ4n) is 3.23. The number of β-amino-alcohol motifs (C(OH)–C–C–N with tert-alkyl or cyclic N) is 1. The number of nitrogens with zero attached hydrogens (tertiary/aromatic N) is 1. The van der Waals surface area contributed by atoms with E-state index in [0.29, 0.717) is 25.5 Å². The first-order chi connectivity index (χ1) is 16.2. The highest BCUT2D eigenvalue weighted by Crippen LogP contribution is 2.37. The van der Waals surface area contributed by atoms with Gasteiger partial charge in [0.15, 0.2) is 5.75 Å². The van der Waals surface area contributed by atoms with Crippen molar-refractivity contribution in [1.82, 2.24) is 4.90 Å². The molecule has 0 saturated carbocycles. The molecular formula is C22H26Cl3NO7S. The van der Waals surface area contributed by atoms with E-state index >= 15 is 0 Å². The van der Waals surface area contributed by atoms with Gasteiger partial charge in [0.1, 0.15) is 31.2 Å². The van der Waals surface area contributed by atoms with Gasteiger partial charge in [0.2, 0.25) is 9.84 Å². The Morgan fingerprint density at radius 3 is 2.12 bits per heavy atom. The number of hydrogen-bond acceptors (Lipinski definition) is 8. The van der Waals surface area contributed by atoms with Crippen LogP contribution < -0.4 is 9.47 Å². The molecule has 1 aliphatic heterocycles. The second kappa shape index (κ2) is 12.6. The van der Waals surface area contributed by atoms with E-state index < -0.39 is 22.0 Å². The lowest BCUT2D eigenvalue weighted by molar-refractivity contribution is 0.00465. The van der Waals surface area contributed by atoms with E-state index in [1.807, 2.05) is 0 Å². The number of benzene rings is 2. The van der Waals surface area contributed by atoms with E-state index in [1.165, 1.54) is 36.4 Å². The smallest absolute Gasteiger partial charge is 0.206 e. The molecule has 12 heteroatoms. The Morgan fingerprint density at radius 2 is 1.53 bits per heavy atom. The number of aliphatic hydroxyl groups is 2. The first-order valence-electron chi connectivity index (χ1n) is 10.5. The molecule has 2 N–H and O–H groups in total. The van der Waals surface area contributed by atoms with Crippen LogP contribution in [0.25, 0.3) is 0 Å². The number of halogens is 3. The van der Waals surface area contributed by atoms with Gasteiger partial charge in [-0.15, -0.1) is 11.6 Å². The van der Waals surface area contributed by atoms with E-state index in [0.717, 1.165) is 13.1 Å². The topological polar surface area (TPSA) is 106 Å². The van der Waals surface area contributed by atoms with Crippen molar-refractivity contribution < 1.29 is 32.8 Å². The Hall–Kier alpha value is -1.30. The molecule has 3 rings (SSSR count). The molecule has 2 aromatic rings. The van der Waals surface area contributed by atoms with Crippen molar-refractivity contribution >= 4 is 44.6 Å². The van der Waals surface area contributed by atoms with Gasteiger partial charge in [-0.2, -0.15) is 0 Å². The fourth-order valence-corrected chi connectivity index (χ4v) is 5.36. The van der Waals surface area contributed by atoms with E-state index in [1.54, 1.807) is 0 Å². The van der Waals surface area contributed by atoms with E-state index in [4.69, 9.17) is 49.0 Å². The highest BCUT2D eigenvalue weighted by molar-refractivity contribution is 7.91. The molecule has 0 bridgehead atoms. The van der Waals surface area contributed by atoms with Crippen LogP contribution in [0.3, 0.4) is 0 Å². The van der Waals surface area contributed by atoms with Gasteiger partial charge in [-0.05, 0) is 36.4 Å². The van der Waals surface area contributed by atoms with Crippen LogP contribution in [0.1, 0.15) is 0 Å². The molecule has 8 nitrogen and oxygen atoms in total. The molecule has 0 radical (unpaired) electrons. The Labute approximate surface area is 213 Å². The Balaban J connectivity index is 1.63. The Kier molecular flexibility index (Phi) is 10.1. The predicted molar refractivity (Wildman–Crippen MR) is 129 cm³/mol. The third-order valence-electron chi connectivity index (χ3n) is 5.03. The average Bonchev–Trinajstić information content (AvgIpc) is 2.82. The Morgan fingerprint density at radius 1 is 0.941 bits per heavy atom. The monoisotopic (exact) mass is 553 g/mol. The lowest BCUT2D eigenvalue weighted by Crippen LogP contribution is -2.42. The summed E-state index contributed by atoms with van der Waals surface area (Å²) in [6, 6.07) is 8.31. The van der Waals surface area contributed by atoms with Gasteiger partial charge in [0.25, 0.3) is 0 Å². The third-order valence-corrected chi connectivity index (χ3v) is 7.70. The SMILES string of the molecule is O=S(=O)(c1ccc(OC[C@H](O)CN2CCOCC2)cc1)c1cc(Cl)c(OC[C@H](O)CCl)c(Cl)c1. The van der Waals surface area contributed by atoms with Crippen LogP contribution in [0.4, 0.5) is 0 Å². The normalized spacial score (nSPS) is 16.7. The van der Waals surface area contributed by atoms with Gasteiger partial charge in [-0.3, -0.25) is 4.90 Å². The molecule has 0 unspecified atom stereocenters. The molecular weight excluding hydrogens is 529 g/mol. The first kappa shape index (κ1) is 27.3. The Bertz CT molecular complexity index is 1020. The molecule has 1 saturated heterocycles. The van der Waals surface area contributed by atoms with Crippen LogP contribution >= 0.6 is 34.8 Å². The van der Waals surface area contributed by atoms with Crippen molar-refractivity contribution in [3.05, 3.63) is 46.4 Å². The molecule has 1 fully saturated rings. The van der Waals surface area contributed by atoms with Crippen molar-refractivity contribution in [1.29, 1.82) is 0 Å². The molecule has 2 aromatic carbocycles. The van der Waals surface area contributed by atoms with Crippen LogP contribution in [0.5, 0.6) is 11.5 Å². The lowest BCUT2D eigenvalue weighted by atomic mass is 10.3. The summed E-state index contributed by atoms with van der Waals surface area (Å²) in [5.74, 6) is 0.456. The van der Waals surface area contributed by atoms with Crippen molar-refractivity contribution in [2.75, 3.05) is 51.9 Å². The van der Waals surface area contributed by atoms with Crippen molar-refractivity contribution in [2.24, 2.45) is 0 Å². The zero-order valence-electron chi connectivity index (χ0n) is 18.2. The largest absolute Gasteiger partial charge is 0.491 e. The summed E-state index contributed by atoms with van der Waals surface area (Å²) in [5, 5.41) is 19.7. The van der Waals surface area contributed by atoms with Gasteiger partial charge in [0.05, 0.1) is 38.9 Å². The number of morpholine rings is 1. The molecule has 2 atom stereocenters. The zero-order valence-corrected chi connectivity index (χ0v) is 21.3. The van der Waals surface area contributed by atoms with Crippen LogP contribution in [-0.4, -0.2) is 87.7 Å². The van der Waals surface area contributed by atoms with Crippen LogP contribution in [0, 0.1) is 0 Å². The number of alkyl halides is 1. The highest BCUT2D eigenvalue weighted by atomic mass is 35.5. The number of hydrogen-bond donors (Lipinski definition) is 2. The van der Waals surface area contributed by atoms with Crippen LogP contribution in [0.2, 0.25) is 10.0 Å².